The summed E-state index contributed by atoms with van der Waals surface area (Å²) in [6.45, 7) is 1.15. The molecule has 2 rings (SSSR count). The van der Waals surface area contributed by atoms with Gasteiger partial charge in [0.05, 0.1) is 4.92 Å². The third-order valence-corrected chi connectivity index (χ3v) is 3.03. The van der Waals surface area contributed by atoms with Crippen molar-refractivity contribution in [3.05, 3.63) is 51.6 Å². The molecule has 1 unspecified atom stereocenters. The number of carbonyl (C=O) groups excluding carboxylic acids is 1. The van der Waals surface area contributed by atoms with E-state index in [1.165, 1.54) is 0 Å². The van der Waals surface area contributed by atoms with Crippen molar-refractivity contribution in [2.24, 2.45) is 0 Å². The summed E-state index contributed by atoms with van der Waals surface area (Å²) in [6, 6.07) is -1.33. The molecule has 1 aromatic carbocycles. The van der Waals surface area contributed by atoms with Gasteiger partial charge in [0, 0.05) is 0 Å². The van der Waals surface area contributed by atoms with Crippen molar-refractivity contribution in [2.75, 3.05) is 5.32 Å². The molecule has 1 aromatic heterocycles. The van der Waals surface area contributed by atoms with Crippen molar-refractivity contribution >= 4 is 17.3 Å². The number of rotatable bonds is 4. The fourth-order valence-corrected chi connectivity index (χ4v) is 1.70. The zero-order chi connectivity index (χ0) is 18.2. The lowest BCUT2D eigenvalue weighted by molar-refractivity contribution is -0.385. The lowest BCUT2D eigenvalue weighted by atomic mass is 10.2. The van der Waals surface area contributed by atoms with Gasteiger partial charge in [0.2, 0.25) is 11.7 Å². The highest BCUT2D eigenvalue weighted by molar-refractivity contribution is 5.93. The third-order valence-electron chi connectivity index (χ3n) is 3.03. The van der Waals surface area contributed by atoms with E-state index in [2.05, 4.69) is 5.10 Å². The molecule has 0 saturated heterocycles. The highest BCUT2D eigenvalue weighted by Crippen LogP contribution is 2.27. The normalized spacial score (nSPS) is 12.1. The van der Waals surface area contributed by atoms with Crippen molar-refractivity contribution in [3.8, 4) is 0 Å². The predicted molar refractivity (Wildman–Crippen MR) is 68.5 cm³/mol. The molecule has 1 amide bonds. The van der Waals surface area contributed by atoms with Gasteiger partial charge in [-0.25, -0.2) is 22.0 Å². The van der Waals surface area contributed by atoms with E-state index in [0.717, 1.165) is 24.0 Å². The highest BCUT2D eigenvalue weighted by atomic mass is 19.2. The van der Waals surface area contributed by atoms with Crippen LogP contribution >= 0.6 is 0 Å². The first-order valence-corrected chi connectivity index (χ1v) is 6.16. The maximum absolute atomic E-state index is 13.5. The standard InChI is InChI=1S/C12H7F5N4O3/c1-4(20-3-5(2-18-20)21(23)24)12(22)19-11-9(16)7(14)6(13)8(15)10(11)17/h2-4H,1H3,(H,19,22). The summed E-state index contributed by atoms with van der Waals surface area (Å²) in [4.78, 5) is 21.6. The van der Waals surface area contributed by atoms with E-state index < -0.39 is 57.3 Å². The number of nitrogens with zero attached hydrogens (tertiary/aromatic N) is 3. The van der Waals surface area contributed by atoms with Crippen LogP contribution in [0.2, 0.25) is 0 Å². The molecule has 0 bridgehead atoms. The fourth-order valence-electron chi connectivity index (χ4n) is 1.70. The molecule has 128 valence electrons. The second kappa shape index (κ2) is 6.22. The molecule has 12 heteroatoms. The zero-order valence-electron chi connectivity index (χ0n) is 11.7. The number of anilines is 1. The average Bonchev–Trinajstić information content (AvgIpc) is 3.04. The van der Waals surface area contributed by atoms with Gasteiger partial charge in [-0.3, -0.25) is 19.6 Å². The summed E-state index contributed by atoms with van der Waals surface area (Å²) >= 11 is 0. The van der Waals surface area contributed by atoms with Gasteiger partial charge < -0.3 is 5.32 Å². The van der Waals surface area contributed by atoms with Gasteiger partial charge in [-0.05, 0) is 6.92 Å². The number of benzene rings is 1. The Bertz CT molecular complexity index is 809. The fraction of sp³-hybridized carbons (Fsp3) is 0.167. The first-order chi connectivity index (χ1) is 11.1. The molecular weight excluding hydrogens is 343 g/mol. The quantitative estimate of drug-likeness (QED) is 0.302. The van der Waals surface area contributed by atoms with Crippen LogP contribution < -0.4 is 5.32 Å². The summed E-state index contributed by atoms with van der Waals surface area (Å²) in [5.41, 5.74) is -1.98. The Labute approximate surface area is 129 Å². The third kappa shape index (κ3) is 2.89. The Morgan fingerprint density at radius 3 is 2.12 bits per heavy atom. The van der Waals surface area contributed by atoms with E-state index in [-0.39, 0.29) is 0 Å². The second-order valence-corrected chi connectivity index (χ2v) is 4.55. The topological polar surface area (TPSA) is 90.1 Å². The second-order valence-electron chi connectivity index (χ2n) is 4.55. The predicted octanol–water partition coefficient (Wildman–Crippen LogP) is 2.69. The molecular formula is C12H7F5N4O3. The number of hydrogen-bond acceptors (Lipinski definition) is 4. The van der Waals surface area contributed by atoms with E-state index in [0.29, 0.717) is 0 Å². The summed E-state index contributed by atoms with van der Waals surface area (Å²) in [7, 11) is 0. The molecule has 1 heterocycles. The summed E-state index contributed by atoms with van der Waals surface area (Å²) in [5.74, 6) is -12.4. The van der Waals surface area contributed by atoms with Gasteiger partial charge in [-0.15, -0.1) is 0 Å². The smallest absolute Gasteiger partial charge is 0.307 e. The van der Waals surface area contributed by atoms with E-state index >= 15 is 0 Å². The number of nitro groups is 1. The Morgan fingerprint density at radius 1 is 1.17 bits per heavy atom. The summed E-state index contributed by atoms with van der Waals surface area (Å²) in [6.07, 6.45) is 1.69. The molecule has 0 radical (unpaired) electrons. The van der Waals surface area contributed by atoms with Gasteiger partial charge in [0.15, 0.2) is 23.3 Å². The van der Waals surface area contributed by atoms with Crippen LogP contribution in [0.25, 0.3) is 0 Å². The van der Waals surface area contributed by atoms with Crippen LogP contribution in [-0.4, -0.2) is 20.6 Å². The van der Waals surface area contributed by atoms with Gasteiger partial charge in [0.1, 0.15) is 24.1 Å². The molecule has 0 aliphatic rings. The molecule has 24 heavy (non-hydrogen) atoms. The Hall–Kier alpha value is -3.05. The minimum atomic E-state index is -2.36. The number of halogens is 5. The average molecular weight is 350 g/mol. The molecule has 0 saturated carbocycles. The van der Waals surface area contributed by atoms with Crippen LogP contribution in [0.1, 0.15) is 13.0 Å². The largest absolute Gasteiger partial charge is 0.319 e. The lowest BCUT2D eigenvalue weighted by Gasteiger charge is -2.14. The first kappa shape index (κ1) is 17.3. The van der Waals surface area contributed by atoms with Crippen LogP contribution in [0, 0.1) is 39.2 Å². The van der Waals surface area contributed by atoms with E-state index in [4.69, 9.17) is 0 Å². The minimum absolute atomic E-state index is 0.453. The van der Waals surface area contributed by atoms with Crippen LogP contribution in [0.4, 0.5) is 33.3 Å². The Morgan fingerprint density at radius 2 is 1.67 bits per heavy atom. The number of aromatic nitrogens is 2. The molecule has 0 aliphatic heterocycles. The van der Waals surface area contributed by atoms with Gasteiger partial charge >= 0.3 is 5.69 Å². The highest BCUT2D eigenvalue weighted by Gasteiger charge is 2.28. The molecule has 2 aromatic rings. The van der Waals surface area contributed by atoms with Crippen LogP contribution in [0.3, 0.4) is 0 Å². The maximum Gasteiger partial charge on any atom is 0.307 e. The minimum Gasteiger partial charge on any atom is -0.319 e. The molecule has 7 nitrogen and oxygen atoms in total. The summed E-state index contributed by atoms with van der Waals surface area (Å²) in [5, 5.41) is 15.6. The molecule has 0 aliphatic carbocycles. The Kier molecular flexibility index (Phi) is 4.48. The van der Waals surface area contributed by atoms with Crippen molar-refractivity contribution < 1.29 is 31.7 Å². The van der Waals surface area contributed by atoms with Crippen molar-refractivity contribution in [1.82, 2.24) is 9.78 Å². The van der Waals surface area contributed by atoms with Crippen molar-refractivity contribution in [2.45, 2.75) is 13.0 Å². The van der Waals surface area contributed by atoms with E-state index in [1.807, 2.05) is 0 Å². The van der Waals surface area contributed by atoms with Gasteiger partial charge in [0.25, 0.3) is 0 Å². The van der Waals surface area contributed by atoms with Crippen LogP contribution in [0.5, 0.6) is 0 Å². The van der Waals surface area contributed by atoms with E-state index in [1.54, 1.807) is 5.32 Å². The van der Waals surface area contributed by atoms with E-state index in [9.17, 15) is 36.9 Å². The van der Waals surface area contributed by atoms with Gasteiger partial charge in [-0.2, -0.15) is 5.10 Å². The van der Waals surface area contributed by atoms with Crippen LogP contribution in [-0.2, 0) is 4.79 Å². The first-order valence-electron chi connectivity index (χ1n) is 6.16. The number of amides is 1. The number of hydrogen-bond donors (Lipinski definition) is 1. The Balaban J connectivity index is 2.31. The van der Waals surface area contributed by atoms with Gasteiger partial charge in [-0.1, -0.05) is 0 Å². The van der Waals surface area contributed by atoms with Crippen molar-refractivity contribution in [1.29, 1.82) is 0 Å². The molecule has 0 fully saturated rings. The van der Waals surface area contributed by atoms with Crippen LogP contribution in [0.15, 0.2) is 12.4 Å². The zero-order valence-corrected chi connectivity index (χ0v) is 11.7. The SMILES string of the molecule is CC(C(=O)Nc1c(F)c(F)c(F)c(F)c1F)n1cc([N+](=O)[O-])cn1. The van der Waals surface area contributed by atoms with Crippen molar-refractivity contribution in [3.63, 3.8) is 0 Å². The molecule has 1 N–H and O–H groups in total. The monoisotopic (exact) mass is 350 g/mol. The molecule has 0 spiro atoms. The number of nitrogens with one attached hydrogen (secondary N) is 1. The summed E-state index contributed by atoms with van der Waals surface area (Å²) < 4.78 is 66.8. The molecule has 1 atom stereocenters. The lowest BCUT2D eigenvalue weighted by Crippen LogP contribution is -2.25. The number of carbonyl (C=O) groups is 1. The maximum atomic E-state index is 13.5.